The number of amides is 2. The maximum atomic E-state index is 12.7. The number of hydrogen-bond donors (Lipinski definition) is 2. The highest BCUT2D eigenvalue weighted by Crippen LogP contribution is 2.10. The average Bonchev–Trinajstić information content (AvgIpc) is 2.55. The molecule has 0 atom stereocenters. The van der Waals surface area contributed by atoms with Gasteiger partial charge < -0.3 is 15.4 Å². The van der Waals surface area contributed by atoms with Crippen LogP contribution in [0.3, 0.4) is 0 Å². The van der Waals surface area contributed by atoms with E-state index in [-0.39, 0.29) is 11.8 Å². The summed E-state index contributed by atoms with van der Waals surface area (Å²) in [5, 5.41) is 5.45. The molecule has 2 aromatic rings. The van der Waals surface area contributed by atoms with Gasteiger partial charge in [0.1, 0.15) is 11.6 Å². The molecule has 22 heavy (non-hydrogen) atoms. The van der Waals surface area contributed by atoms with Gasteiger partial charge in [0.25, 0.3) is 0 Å². The lowest BCUT2D eigenvalue weighted by atomic mass is 10.3. The van der Waals surface area contributed by atoms with Crippen LogP contribution in [-0.2, 0) is 6.54 Å². The third kappa shape index (κ3) is 5.78. The molecule has 1 heterocycles. The van der Waals surface area contributed by atoms with Gasteiger partial charge in [-0.3, -0.25) is 4.98 Å². The fourth-order valence-electron chi connectivity index (χ4n) is 1.73. The molecule has 0 aliphatic heterocycles. The van der Waals surface area contributed by atoms with E-state index >= 15 is 0 Å². The molecule has 116 valence electrons. The molecule has 0 aliphatic rings. The summed E-state index contributed by atoms with van der Waals surface area (Å²) < 4.78 is 18.1. The van der Waals surface area contributed by atoms with Gasteiger partial charge in [-0.2, -0.15) is 0 Å². The second-order valence-corrected chi connectivity index (χ2v) is 4.59. The van der Waals surface area contributed by atoms with E-state index in [4.69, 9.17) is 4.74 Å². The lowest BCUT2D eigenvalue weighted by Crippen LogP contribution is -2.36. The van der Waals surface area contributed by atoms with Crippen molar-refractivity contribution in [2.24, 2.45) is 0 Å². The quantitative estimate of drug-likeness (QED) is 0.772. The number of ether oxygens (including phenoxy) is 1. The molecule has 0 unspecified atom stereocenters. The van der Waals surface area contributed by atoms with Crippen molar-refractivity contribution in [3.05, 3.63) is 60.2 Å². The summed E-state index contributed by atoms with van der Waals surface area (Å²) in [4.78, 5) is 15.7. The van der Waals surface area contributed by atoms with Gasteiger partial charge in [0.05, 0.1) is 18.8 Å². The Balaban J connectivity index is 1.54. The smallest absolute Gasteiger partial charge is 0.315 e. The molecule has 0 radical (unpaired) electrons. The summed E-state index contributed by atoms with van der Waals surface area (Å²) in [6.07, 6.45) is 2.34. The molecule has 2 N–H and O–H groups in total. The van der Waals surface area contributed by atoms with Crippen molar-refractivity contribution < 1.29 is 13.9 Å². The van der Waals surface area contributed by atoms with Crippen LogP contribution in [0.25, 0.3) is 0 Å². The number of halogens is 1. The number of pyridine rings is 1. The molecule has 0 saturated heterocycles. The Kier molecular flexibility index (Phi) is 6.17. The van der Waals surface area contributed by atoms with E-state index in [0.717, 1.165) is 5.69 Å². The molecular formula is C16H18FN3O2. The van der Waals surface area contributed by atoms with Crippen molar-refractivity contribution in [3.8, 4) is 5.75 Å². The third-order valence-electron chi connectivity index (χ3n) is 2.85. The van der Waals surface area contributed by atoms with Crippen LogP contribution >= 0.6 is 0 Å². The first-order chi connectivity index (χ1) is 10.7. The predicted octanol–water partition coefficient (Wildman–Crippen LogP) is 2.49. The normalized spacial score (nSPS) is 10.0. The van der Waals surface area contributed by atoms with Crippen molar-refractivity contribution >= 4 is 6.03 Å². The summed E-state index contributed by atoms with van der Waals surface area (Å²) in [7, 11) is 0. The molecule has 0 aliphatic carbocycles. The number of hydrogen-bond acceptors (Lipinski definition) is 3. The lowest BCUT2D eigenvalue weighted by molar-refractivity contribution is 0.238. The van der Waals surface area contributed by atoms with Crippen molar-refractivity contribution in [1.29, 1.82) is 0 Å². The van der Waals surface area contributed by atoms with Crippen LogP contribution in [0.5, 0.6) is 5.75 Å². The van der Waals surface area contributed by atoms with Crippen LogP contribution in [0.1, 0.15) is 12.1 Å². The zero-order valence-electron chi connectivity index (χ0n) is 12.1. The number of rotatable bonds is 7. The van der Waals surface area contributed by atoms with Crippen molar-refractivity contribution in [3.63, 3.8) is 0 Å². The molecule has 1 aromatic heterocycles. The molecular weight excluding hydrogens is 285 g/mol. The van der Waals surface area contributed by atoms with Gasteiger partial charge in [-0.05, 0) is 42.8 Å². The maximum Gasteiger partial charge on any atom is 0.315 e. The number of benzene rings is 1. The van der Waals surface area contributed by atoms with Crippen LogP contribution in [-0.4, -0.2) is 24.2 Å². The van der Waals surface area contributed by atoms with Crippen LogP contribution in [0.2, 0.25) is 0 Å². The van der Waals surface area contributed by atoms with Gasteiger partial charge in [-0.15, -0.1) is 0 Å². The number of carbonyl (C=O) groups is 1. The van der Waals surface area contributed by atoms with Crippen molar-refractivity contribution in [1.82, 2.24) is 15.6 Å². The summed E-state index contributed by atoms with van der Waals surface area (Å²) in [5.41, 5.74) is 0.803. The second kappa shape index (κ2) is 8.61. The van der Waals surface area contributed by atoms with Crippen LogP contribution in [0.4, 0.5) is 9.18 Å². The van der Waals surface area contributed by atoms with E-state index in [1.165, 1.54) is 12.1 Å². The minimum Gasteiger partial charge on any atom is -0.494 e. The molecule has 5 nitrogen and oxygen atoms in total. The Morgan fingerprint density at radius 2 is 1.95 bits per heavy atom. The van der Waals surface area contributed by atoms with E-state index in [0.29, 0.717) is 31.9 Å². The molecule has 2 amide bonds. The van der Waals surface area contributed by atoms with Gasteiger partial charge in [-0.1, -0.05) is 6.07 Å². The standard InChI is InChI=1S/C16H18FN3O2/c17-13-5-7-15(8-6-13)22-11-3-10-19-16(21)20-12-14-4-1-2-9-18-14/h1-2,4-9H,3,10-12H2,(H2,19,20,21). The molecule has 2 rings (SSSR count). The lowest BCUT2D eigenvalue weighted by Gasteiger charge is -2.08. The van der Waals surface area contributed by atoms with Gasteiger partial charge in [0.2, 0.25) is 0 Å². The molecule has 0 fully saturated rings. The van der Waals surface area contributed by atoms with E-state index in [1.54, 1.807) is 18.3 Å². The molecule has 1 aromatic carbocycles. The summed E-state index contributed by atoms with van der Waals surface area (Å²) >= 11 is 0. The molecule has 0 bridgehead atoms. The zero-order valence-corrected chi connectivity index (χ0v) is 12.1. The largest absolute Gasteiger partial charge is 0.494 e. The average molecular weight is 303 g/mol. The van der Waals surface area contributed by atoms with Crippen LogP contribution < -0.4 is 15.4 Å². The highest BCUT2D eigenvalue weighted by atomic mass is 19.1. The summed E-state index contributed by atoms with van der Waals surface area (Å²) in [5.74, 6) is 0.319. The number of nitrogens with one attached hydrogen (secondary N) is 2. The Morgan fingerprint density at radius 1 is 1.14 bits per heavy atom. The molecule has 6 heteroatoms. The Hall–Kier alpha value is -2.63. The highest BCUT2D eigenvalue weighted by Gasteiger charge is 2.00. The van der Waals surface area contributed by atoms with E-state index < -0.39 is 0 Å². The van der Waals surface area contributed by atoms with Gasteiger partial charge in [0.15, 0.2) is 0 Å². The summed E-state index contributed by atoms with van der Waals surface area (Å²) in [6, 6.07) is 11.1. The number of aromatic nitrogens is 1. The van der Waals surface area contributed by atoms with Crippen molar-refractivity contribution in [2.75, 3.05) is 13.2 Å². The minimum atomic E-state index is -0.293. The monoisotopic (exact) mass is 303 g/mol. The molecule has 0 saturated carbocycles. The van der Waals surface area contributed by atoms with Gasteiger partial charge >= 0.3 is 6.03 Å². The number of carbonyl (C=O) groups excluding carboxylic acids is 1. The number of urea groups is 1. The Labute approximate surface area is 128 Å². The molecule has 0 spiro atoms. The number of nitrogens with zero attached hydrogens (tertiary/aromatic N) is 1. The van der Waals surface area contributed by atoms with Gasteiger partial charge in [-0.25, -0.2) is 9.18 Å². The van der Waals surface area contributed by atoms with E-state index in [1.807, 2.05) is 18.2 Å². The summed E-state index contributed by atoms with van der Waals surface area (Å²) in [6.45, 7) is 1.33. The first kappa shape index (κ1) is 15.8. The van der Waals surface area contributed by atoms with Crippen LogP contribution in [0, 0.1) is 5.82 Å². The predicted molar refractivity (Wildman–Crippen MR) is 81.0 cm³/mol. The third-order valence-corrected chi connectivity index (χ3v) is 2.85. The minimum absolute atomic E-state index is 0.243. The maximum absolute atomic E-state index is 12.7. The van der Waals surface area contributed by atoms with E-state index in [9.17, 15) is 9.18 Å². The fraction of sp³-hybridized carbons (Fsp3) is 0.250. The zero-order chi connectivity index (χ0) is 15.6. The first-order valence-corrected chi connectivity index (χ1v) is 7.04. The highest BCUT2D eigenvalue weighted by molar-refractivity contribution is 5.73. The van der Waals surface area contributed by atoms with Crippen LogP contribution in [0.15, 0.2) is 48.7 Å². The SMILES string of the molecule is O=C(NCCCOc1ccc(F)cc1)NCc1ccccn1. The fourth-order valence-corrected chi connectivity index (χ4v) is 1.73. The van der Waals surface area contributed by atoms with Gasteiger partial charge in [0, 0.05) is 12.7 Å². The first-order valence-electron chi connectivity index (χ1n) is 7.04. The topological polar surface area (TPSA) is 63.2 Å². The Bertz CT molecular complexity index is 576. The Morgan fingerprint density at radius 3 is 2.68 bits per heavy atom. The van der Waals surface area contributed by atoms with Crippen molar-refractivity contribution in [2.45, 2.75) is 13.0 Å². The van der Waals surface area contributed by atoms with E-state index in [2.05, 4.69) is 15.6 Å². The second-order valence-electron chi connectivity index (χ2n) is 4.59.